The number of hydrogen-bond donors (Lipinski definition) is 0. The molecule has 0 aromatic heterocycles. The van der Waals surface area contributed by atoms with E-state index in [2.05, 4.69) is 23.2 Å². The van der Waals surface area contributed by atoms with Crippen LogP contribution < -0.4 is 9.64 Å². The number of benzene rings is 2. The highest BCUT2D eigenvalue weighted by Crippen LogP contribution is 2.33. The minimum absolute atomic E-state index is 0.0964. The Morgan fingerprint density at radius 3 is 2.52 bits per heavy atom. The summed E-state index contributed by atoms with van der Waals surface area (Å²) >= 11 is 0. The fraction of sp³-hybridized carbons (Fsp3) is 0.300. The third-order valence-corrected chi connectivity index (χ3v) is 4.57. The van der Waals surface area contributed by atoms with E-state index in [1.54, 1.807) is 7.11 Å². The lowest BCUT2D eigenvalue weighted by Crippen LogP contribution is -2.26. The molecule has 25 heavy (non-hydrogen) atoms. The minimum Gasteiger partial charge on any atom is -0.497 e. The van der Waals surface area contributed by atoms with Crippen molar-refractivity contribution in [1.29, 1.82) is 0 Å². The summed E-state index contributed by atoms with van der Waals surface area (Å²) in [6.45, 7) is 0.835. The highest BCUT2D eigenvalue weighted by molar-refractivity contribution is 5.51. The molecule has 0 N–H and O–H groups in total. The van der Waals surface area contributed by atoms with Gasteiger partial charge >= 0.3 is 0 Å². The SMILES string of the molecule is COc1ccc(C(C[N+](=O)[O-])C2=CN(c3ccccc3)CCC2)cc1. The smallest absolute Gasteiger partial charge is 0.214 e. The Bertz CT molecular complexity index is 741. The molecule has 5 nitrogen and oxygen atoms in total. The highest BCUT2D eigenvalue weighted by atomic mass is 16.6. The van der Waals surface area contributed by atoms with Crippen LogP contribution in [0.2, 0.25) is 0 Å². The van der Waals surface area contributed by atoms with Gasteiger partial charge in [-0.3, -0.25) is 10.1 Å². The number of nitro groups is 1. The molecule has 5 heteroatoms. The fourth-order valence-electron chi connectivity index (χ4n) is 3.29. The Hall–Kier alpha value is -2.82. The van der Waals surface area contributed by atoms with Crippen LogP contribution in [0.25, 0.3) is 0 Å². The van der Waals surface area contributed by atoms with Crippen molar-refractivity contribution in [1.82, 2.24) is 0 Å². The molecule has 0 aliphatic carbocycles. The zero-order chi connectivity index (χ0) is 17.6. The van der Waals surface area contributed by atoms with Crippen molar-refractivity contribution in [3.8, 4) is 5.75 Å². The van der Waals surface area contributed by atoms with Gasteiger partial charge in [-0.05, 0) is 48.2 Å². The molecule has 1 atom stereocenters. The second-order valence-corrected chi connectivity index (χ2v) is 6.18. The first-order chi connectivity index (χ1) is 12.2. The van der Waals surface area contributed by atoms with Gasteiger partial charge in [-0.1, -0.05) is 30.3 Å². The van der Waals surface area contributed by atoms with Gasteiger partial charge in [0.05, 0.1) is 13.0 Å². The molecule has 0 fully saturated rings. The lowest BCUT2D eigenvalue weighted by atomic mass is 9.87. The van der Waals surface area contributed by atoms with Crippen molar-refractivity contribution in [3.05, 3.63) is 82.0 Å². The van der Waals surface area contributed by atoms with Crippen LogP contribution in [-0.4, -0.2) is 25.1 Å². The van der Waals surface area contributed by atoms with Gasteiger partial charge < -0.3 is 9.64 Å². The Balaban J connectivity index is 1.91. The van der Waals surface area contributed by atoms with E-state index in [-0.39, 0.29) is 17.4 Å². The van der Waals surface area contributed by atoms with Crippen LogP contribution in [0.4, 0.5) is 5.69 Å². The summed E-state index contributed by atoms with van der Waals surface area (Å²) in [5.74, 6) is 0.541. The Morgan fingerprint density at radius 1 is 1.16 bits per heavy atom. The molecule has 0 amide bonds. The predicted molar refractivity (Wildman–Crippen MR) is 98.7 cm³/mol. The standard InChI is InChI=1S/C20H22N2O3/c1-25-19-11-9-16(10-12-19)20(15-22(23)24)17-6-5-13-21(14-17)18-7-3-2-4-8-18/h2-4,7-12,14,20H,5-6,13,15H2,1H3. The maximum absolute atomic E-state index is 11.2. The second-order valence-electron chi connectivity index (χ2n) is 6.18. The molecule has 130 valence electrons. The number of nitrogens with zero attached hydrogens (tertiary/aromatic N) is 2. The Morgan fingerprint density at radius 2 is 1.88 bits per heavy atom. The lowest BCUT2D eigenvalue weighted by molar-refractivity contribution is -0.482. The van der Waals surface area contributed by atoms with Gasteiger partial charge in [0.15, 0.2) is 0 Å². The van der Waals surface area contributed by atoms with E-state index in [9.17, 15) is 10.1 Å². The first-order valence-electron chi connectivity index (χ1n) is 8.45. The van der Waals surface area contributed by atoms with Crippen molar-refractivity contribution in [2.75, 3.05) is 25.1 Å². The minimum atomic E-state index is -0.225. The van der Waals surface area contributed by atoms with Crippen molar-refractivity contribution >= 4 is 5.69 Å². The molecule has 0 bridgehead atoms. The van der Waals surface area contributed by atoms with E-state index in [4.69, 9.17) is 4.74 Å². The first kappa shape index (κ1) is 17.0. The van der Waals surface area contributed by atoms with Gasteiger partial charge in [0.1, 0.15) is 5.75 Å². The van der Waals surface area contributed by atoms with Crippen molar-refractivity contribution in [2.45, 2.75) is 18.8 Å². The monoisotopic (exact) mass is 338 g/mol. The van der Waals surface area contributed by atoms with Gasteiger partial charge in [-0.15, -0.1) is 0 Å². The van der Waals surface area contributed by atoms with Gasteiger partial charge in [-0.2, -0.15) is 0 Å². The largest absolute Gasteiger partial charge is 0.497 e. The molecule has 0 saturated carbocycles. The molecular formula is C20H22N2O3. The molecule has 2 aromatic carbocycles. The summed E-state index contributed by atoms with van der Waals surface area (Å²) in [7, 11) is 1.62. The van der Waals surface area contributed by atoms with Gasteiger partial charge in [0.2, 0.25) is 6.54 Å². The quantitative estimate of drug-likeness (QED) is 0.584. The summed E-state index contributed by atoms with van der Waals surface area (Å²) < 4.78 is 5.19. The third kappa shape index (κ3) is 4.18. The van der Waals surface area contributed by atoms with Crippen molar-refractivity contribution < 1.29 is 9.66 Å². The molecule has 1 unspecified atom stereocenters. The molecule has 1 aliphatic heterocycles. The lowest BCUT2D eigenvalue weighted by Gasteiger charge is -2.29. The van der Waals surface area contributed by atoms with Crippen LogP contribution in [0.5, 0.6) is 5.75 Å². The summed E-state index contributed by atoms with van der Waals surface area (Å²) in [5, 5.41) is 11.2. The number of rotatable bonds is 6. The average molecular weight is 338 g/mol. The molecule has 3 rings (SSSR count). The molecule has 0 spiro atoms. The summed E-state index contributed by atoms with van der Waals surface area (Å²) in [5.41, 5.74) is 3.19. The van der Waals surface area contributed by atoms with E-state index >= 15 is 0 Å². The van der Waals surface area contributed by atoms with E-state index in [1.807, 2.05) is 42.5 Å². The maximum Gasteiger partial charge on any atom is 0.214 e. The van der Waals surface area contributed by atoms with Gasteiger partial charge in [-0.25, -0.2) is 0 Å². The van der Waals surface area contributed by atoms with Crippen LogP contribution in [0.1, 0.15) is 24.3 Å². The van der Waals surface area contributed by atoms with E-state index in [0.717, 1.165) is 42.0 Å². The zero-order valence-corrected chi connectivity index (χ0v) is 14.3. The molecule has 0 radical (unpaired) electrons. The number of para-hydroxylation sites is 1. The van der Waals surface area contributed by atoms with E-state index < -0.39 is 0 Å². The number of ether oxygens (including phenoxy) is 1. The normalized spacial score (nSPS) is 15.4. The van der Waals surface area contributed by atoms with Gasteiger partial charge in [0, 0.05) is 23.4 Å². The first-order valence-corrected chi connectivity index (χ1v) is 8.45. The molecule has 1 aliphatic rings. The molecule has 0 saturated heterocycles. The fourth-order valence-corrected chi connectivity index (χ4v) is 3.29. The van der Waals surface area contributed by atoms with Crippen LogP contribution in [0, 0.1) is 10.1 Å². The van der Waals surface area contributed by atoms with E-state index in [0.29, 0.717) is 0 Å². The van der Waals surface area contributed by atoms with Crippen LogP contribution in [-0.2, 0) is 0 Å². The Kier molecular flexibility index (Phi) is 5.33. The summed E-state index contributed by atoms with van der Waals surface area (Å²) in [6.07, 6.45) is 3.97. The van der Waals surface area contributed by atoms with Crippen LogP contribution in [0.3, 0.4) is 0 Å². The summed E-state index contributed by atoms with van der Waals surface area (Å²) in [6, 6.07) is 17.7. The topological polar surface area (TPSA) is 55.6 Å². The van der Waals surface area contributed by atoms with Gasteiger partial charge in [0.25, 0.3) is 0 Å². The van der Waals surface area contributed by atoms with Crippen molar-refractivity contribution in [3.63, 3.8) is 0 Å². The second kappa shape index (κ2) is 7.83. The van der Waals surface area contributed by atoms with Crippen LogP contribution >= 0.6 is 0 Å². The summed E-state index contributed by atoms with van der Waals surface area (Å²) in [4.78, 5) is 13.2. The maximum atomic E-state index is 11.2. The zero-order valence-electron chi connectivity index (χ0n) is 14.3. The third-order valence-electron chi connectivity index (χ3n) is 4.57. The number of hydrogen-bond acceptors (Lipinski definition) is 4. The highest BCUT2D eigenvalue weighted by Gasteiger charge is 2.25. The van der Waals surface area contributed by atoms with Crippen LogP contribution in [0.15, 0.2) is 66.4 Å². The average Bonchev–Trinajstić information content (AvgIpc) is 2.67. The number of anilines is 1. The van der Waals surface area contributed by atoms with E-state index in [1.165, 1.54) is 0 Å². The molecule has 2 aromatic rings. The Labute approximate surface area is 147 Å². The number of methoxy groups -OCH3 is 1. The van der Waals surface area contributed by atoms with Crippen molar-refractivity contribution in [2.24, 2.45) is 0 Å². The predicted octanol–water partition coefficient (Wildman–Crippen LogP) is 4.24. The molecular weight excluding hydrogens is 316 g/mol. The molecule has 1 heterocycles.